The van der Waals surface area contributed by atoms with E-state index >= 15 is 0 Å². The maximum atomic E-state index is 11.7. The summed E-state index contributed by atoms with van der Waals surface area (Å²) in [5, 5.41) is 13.1. The van der Waals surface area contributed by atoms with E-state index in [0.29, 0.717) is 11.4 Å². The van der Waals surface area contributed by atoms with Gasteiger partial charge in [-0.1, -0.05) is 37.3 Å². The SMILES string of the molecule is CCS(=O)(=O)c1ccc(NCC(O)c2ccccc2)cc1. The van der Waals surface area contributed by atoms with Crippen LogP contribution in [-0.2, 0) is 9.84 Å². The zero-order chi connectivity index (χ0) is 15.3. The highest BCUT2D eigenvalue weighted by Crippen LogP contribution is 2.17. The third-order valence-corrected chi connectivity index (χ3v) is 5.03. The number of hydrogen-bond donors (Lipinski definition) is 2. The van der Waals surface area contributed by atoms with Gasteiger partial charge in [0, 0.05) is 12.2 Å². The number of rotatable bonds is 6. The van der Waals surface area contributed by atoms with Crippen LogP contribution < -0.4 is 5.32 Å². The van der Waals surface area contributed by atoms with Gasteiger partial charge >= 0.3 is 0 Å². The molecule has 4 nitrogen and oxygen atoms in total. The predicted octanol–water partition coefficient (Wildman–Crippen LogP) is 2.63. The number of aliphatic hydroxyl groups excluding tert-OH is 1. The molecule has 0 radical (unpaired) electrons. The summed E-state index contributed by atoms with van der Waals surface area (Å²) < 4.78 is 23.4. The first-order valence-corrected chi connectivity index (χ1v) is 8.48. The van der Waals surface area contributed by atoms with Crippen LogP contribution in [0.15, 0.2) is 59.5 Å². The van der Waals surface area contributed by atoms with Crippen LogP contribution in [0.3, 0.4) is 0 Å². The van der Waals surface area contributed by atoms with Gasteiger partial charge in [0.05, 0.1) is 16.8 Å². The van der Waals surface area contributed by atoms with Gasteiger partial charge in [0.25, 0.3) is 0 Å². The second-order valence-electron chi connectivity index (χ2n) is 4.74. The maximum absolute atomic E-state index is 11.7. The number of benzene rings is 2. The molecule has 0 aliphatic heterocycles. The lowest BCUT2D eigenvalue weighted by molar-refractivity contribution is 0.191. The molecule has 21 heavy (non-hydrogen) atoms. The molecule has 0 spiro atoms. The van der Waals surface area contributed by atoms with Crippen LogP contribution in [0.5, 0.6) is 0 Å². The molecule has 112 valence electrons. The molecule has 0 saturated heterocycles. The van der Waals surface area contributed by atoms with Crippen molar-refractivity contribution >= 4 is 15.5 Å². The topological polar surface area (TPSA) is 66.4 Å². The van der Waals surface area contributed by atoms with Crippen LogP contribution in [0.4, 0.5) is 5.69 Å². The third-order valence-electron chi connectivity index (χ3n) is 3.28. The van der Waals surface area contributed by atoms with Gasteiger partial charge in [0.2, 0.25) is 0 Å². The lowest BCUT2D eigenvalue weighted by Gasteiger charge is -2.13. The Morgan fingerprint density at radius 1 is 1.05 bits per heavy atom. The Morgan fingerprint density at radius 3 is 2.24 bits per heavy atom. The molecule has 0 fully saturated rings. The first-order chi connectivity index (χ1) is 10.0. The van der Waals surface area contributed by atoms with E-state index in [1.165, 1.54) is 0 Å². The first-order valence-electron chi connectivity index (χ1n) is 6.82. The van der Waals surface area contributed by atoms with Gasteiger partial charge in [0.15, 0.2) is 9.84 Å². The van der Waals surface area contributed by atoms with Crippen LogP contribution in [0, 0.1) is 0 Å². The van der Waals surface area contributed by atoms with Crippen molar-refractivity contribution in [3.63, 3.8) is 0 Å². The Balaban J connectivity index is 1.98. The minimum atomic E-state index is -3.17. The fourth-order valence-electron chi connectivity index (χ4n) is 1.95. The van der Waals surface area contributed by atoms with Crippen molar-refractivity contribution in [3.8, 4) is 0 Å². The van der Waals surface area contributed by atoms with Crippen molar-refractivity contribution in [2.24, 2.45) is 0 Å². The molecule has 0 amide bonds. The number of aliphatic hydroxyl groups is 1. The largest absolute Gasteiger partial charge is 0.387 e. The van der Waals surface area contributed by atoms with Crippen LogP contribution in [0.2, 0.25) is 0 Å². The van der Waals surface area contributed by atoms with Gasteiger partial charge in [0.1, 0.15) is 0 Å². The Hall–Kier alpha value is -1.85. The average Bonchev–Trinajstić information content (AvgIpc) is 2.54. The summed E-state index contributed by atoms with van der Waals surface area (Å²) in [6.07, 6.45) is -0.606. The van der Waals surface area contributed by atoms with Gasteiger partial charge in [-0.2, -0.15) is 0 Å². The summed E-state index contributed by atoms with van der Waals surface area (Å²) in [4.78, 5) is 0.319. The Bertz CT molecular complexity index is 666. The molecule has 0 bridgehead atoms. The van der Waals surface area contributed by atoms with Crippen LogP contribution >= 0.6 is 0 Å². The summed E-state index contributed by atoms with van der Waals surface area (Å²) in [6.45, 7) is 1.99. The van der Waals surface area contributed by atoms with Gasteiger partial charge in [-0.15, -0.1) is 0 Å². The molecule has 0 aromatic heterocycles. The van der Waals surface area contributed by atoms with Crippen molar-refractivity contribution in [2.75, 3.05) is 17.6 Å². The quantitative estimate of drug-likeness (QED) is 0.861. The van der Waals surface area contributed by atoms with E-state index < -0.39 is 15.9 Å². The van der Waals surface area contributed by atoms with Crippen LogP contribution in [-0.4, -0.2) is 25.8 Å². The zero-order valence-corrected chi connectivity index (χ0v) is 12.7. The minimum absolute atomic E-state index is 0.0898. The van der Waals surface area contributed by atoms with E-state index in [1.54, 1.807) is 31.2 Å². The summed E-state index contributed by atoms with van der Waals surface area (Å²) in [6, 6.07) is 16.0. The van der Waals surface area contributed by atoms with E-state index in [-0.39, 0.29) is 5.75 Å². The second-order valence-corrected chi connectivity index (χ2v) is 7.01. The average molecular weight is 305 g/mol. The Morgan fingerprint density at radius 2 is 1.67 bits per heavy atom. The summed E-state index contributed by atoms with van der Waals surface area (Å²) in [5.41, 5.74) is 1.62. The number of nitrogens with one attached hydrogen (secondary N) is 1. The first kappa shape index (κ1) is 15.5. The fourth-order valence-corrected chi connectivity index (χ4v) is 2.84. The second kappa shape index (κ2) is 6.74. The maximum Gasteiger partial charge on any atom is 0.178 e. The highest BCUT2D eigenvalue weighted by atomic mass is 32.2. The molecule has 2 aromatic carbocycles. The molecule has 5 heteroatoms. The molecular formula is C16H19NO3S. The molecular weight excluding hydrogens is 286 g/mol. The molecule has 0 saturated carbocycles. The number of anilines is 1. The molecule has 2 rings (SSSR count). The van der Waals surface area contributed by atoms with E-state index in [1.807, 2.05) is 30.3 Å². The lowest BCUT2D eigenvalue weighted by atomic mass is 10.1. The highest BCUT2D eigenvalue weighted by molar-refractivity contribution is 7.91. The van der Waals surface area contributed by atoms with Crippen LogP contribution in [0.1, 0.15) is 18.6 Å². The number of sulfone groups is 1. The standard InChI is InChI=1S/C16H19NO3S/c1-2-21(19,20)15-10-8-14(9-11-15)17-12-16(18)13-6-4-3-5-7-13/h3-11,16-18H,2,12H2,1H3. The van der Waals surface area contributed by atoms with Crippen molar-refractivity contribution in [1.29, 1.82) is 0 Å². The van der Waals surface area contributed by atoms with Crippen LogP contribution in [0.25, 0.3) is 0 Å². The van der Waals surface area contributed by atoms with E-state index in [9.17, 15) is 13.5 Å². The van der Waals surface area contributed by atoms with Gasteiger partial charge in [-0.05, 0) is 29.8 Å². The van der Waals surface area contributed by atoms with Crippen molar-refractivity contribution in [2.45, 2.75) is 17.9 Å². The lowest BCUT2D eigenvalue weighted by Crippen LogP contribution is -2.12. The van der Waals surface area contributed by atoms with Gasteiger partial charge in [-0.25, -0.2) is 8.42 Å². The minimum Gasteiger partial charge on any atom is -0.387 e. The normalized spacial score (nSPS) is 12.9. The summed E-state index contributed by atoms with van der Waals surface area (Å²) in [7, 11) is -3.17. The highest BCUT2D eigenvalue weighted by Gasteiger charge is 2.11. The molecule has 2 aromatic rings. The zero-order valence-electron chi connectivity index (χ0n) is 11.9. The molecule has 0 heterocycles. The molecule has 1 unspecified atom stereocenters. The van der Waals surface area contributed by atoms with E-state index in [4.69, 9.17) is 0 Å². The molecule has 0 aliphatic rings. The van der Waals surface area contributed by atoms with Gasteiger partial charge in [-0.3, -0.25) is 0 Å². The summed E-state index contributed by atoms with van der Waals surface area (Å²) >= 11 is 0. The van der Waals surface area contributed by atoms with Gasteiger partial charge < -0.3 is 10.4 Å². The smallest absolute Gasteiger partial charge is 0.178 e. The predicted molar refractivity (Wildman–Crippen MR) is 84.1 cm³/mol. The monoisotopic (exact) mass is 305 g/mol. The molecule has 2 N–H and O–H groups in total. The Kier molecular flexibility index (Phi) is 4.98. The van der Waals surface area contributed by atoms with Crippen molar-refractivity contribution in [3.05, 3.63) is 60.2 Å². The van der Waals surface area contributed by atoms with E-state index in [2.05, 4.69) is 5.32 Å². The fraction of sp³-hybridized carbons (Fsp3) is 0.250. The molecule has 1 atom stereocenters. The number of hydrogen-bond acceptors (Lipinski definition) is 4. The molecule has 0 aliphatic carbocycles. The third kappa shape index (κ3) is 4.06. The van der Waals surface area contributed by atoms with E-state index in [0.717, 1.165) is 11.3 Å². The Labute approximate surface area is 125 Å². The summed E-state index contributed by atoms with van der Waals surface area (Å²) in [5.74, 6) is 0.0898. The van der Waals surface area contributed by atoms with Crippen molar-refractivity contribution < 1.29 is 13.5 Å². The van der Waals surface area contributed by atoms with Crippen molar-refractivity contribution in [1.82, 2.24) is 0 Å².